The van der Waals surface area contributed by atoms with Gasteiger partial charge in [0.15, 0.2) is 0 Å². The molecule has 2 aromatic carbocycles. The Bertz CT molecular complexity index is 1420. The van der Waals surface area contributed by atoms with E-state index in [0.29, 0.717) is 32.6 Å². The molecule has 5 nitrogen and oxygen atoms in total. The third-order valence-electron chi connectivity index (χ3n) is 8.39. The number of phenolic OH excluding ortho intramolecular Hbond substituents is 2. The maximum Gasteiger partial charge on any atom is 0.460 e. The SMILES string of the molecule is Cc1c(-c2ccc(O)cc2)n(CCCCCCN(CCO)CCCCCCC(F)(F)C(F)(F)C(F)(F)C(F)(F)F)c2ccc(O)cc12. The smallest absolute Gasteiger partial charge is 0.460 e. The van der Waals surface area contributed by atoms with E-state index < -0.39 is 36.8 Å². The van der Waals surface area contributed by atoms with Crippen molar-refractivity contribution in [2.75, 3.05) is 26.2 Å². The van der Waals surface area contributed by atoms with Crippen molar-refractivity contribution >= 4 is 10.9 Å². The summed E-state index contributed by atoms with van der Waals surface area (Å²) >= 11 is 0. The van der Waals surface area contributed by atoms with E-state index in [-0.39, 0.29) is 30.9 Å². The molecule has 0 saturated carbocycles. The van der Waals surface area contributed by atoms with Crippen LogP contribution in [-0.2, 0) is 6.54 Å². The lowest BCUT2D eigenvalue weighted by Crippen LogP contribution is -2.60. The first kappa shape index (κ1) is 38.3. The van der Waals surface area contributed by atoms with Gasteiger partial charge in [0.25, 0.3) is 0 Å². The van der Waals surface area contributed by atoms with Gasteiger partial charge in [0.2, 0.25) is 0 Å². The summed E-state index contributed by atoms with van der Waals surface area (Å²) in [6.45, 7) is 4.05. The number of unbranched alkanes of at least 4 members (excludes halogenated alkanes) is 6. The van der Waals surface area contributed by atoms with Crippen LogP contribution < -0.4 is 0 Å². The number of benzene rings is 2. The minimum atomic E-state index is -6.86. The van der Waals surface area contributed by atoms with Crippen LogP contribution in [0.5, 0.6) is 11.5 Å². The molecule has 3 aromatic rings. The maximum atomic E-state index is 13.7. The molecule has 47 heavy (non-hydrogen) atoms. The Morgan fingerprint density at radius 2 is 1.21 bits per heavy atom. The standard InChI is InChI=1S/C33H41F9N2O3/c1-23-27-22-26(47)14-15-28(27)44(29(23)24-10-12-25(46)13-11-24)19-9-5-4-8-18-43(20-21-45)17-7-3-2-6-16-30(34,35)31(36,37)32(38,39)33(40,41)42/h10-15,22,45-47H,2-9,16-21H2,1H3. The molecule has 0 aliphatic carbocycles. The maximum absolute atomic E-state index is 13.7. The molecular weight excluding hydrogens is 643 g/mol. The fourth-order valence-corrected chi connectivity index (χ4v) is 5.77. The predicted octanol–water partition coefficient (Wildman–Crippen LogP) is 9.30. The fraction of sp³-hybridized carbons (Fsp3) is 0.576. The Balaban J connectivity index is 1.43. The second-order valence-corrected chi connectivity index (χ2v) is 11.9. The summed E-state index contributed by atoms with van der Waals surface area (Å²) in [7, 11) is 0. The summed E-state index contributed by atoms with van der Waals surface area (Å²) < 4.78 is 119. The lowest BCUT2D eigenvalue weighted by molar-refractivity contribution is -0.396. The molecule has 0 unspecified atom stereocenters. The summed E-state index contributed by atoms with van der Waals surface area (Å²) in [4.78, 5) is 1.96. The van der Waals surface area contributed by atoms with E-state index in [4.69, 9.17) is 0 Å². The Morgan fingerprint density at radius 1 is 0.660 bits per heavy atom. The van der Waals surface area contributed by atoms with E-state index in [1.54, 1.807) is 24.3 Å². The van der Waals surface area contributed by atoms with Gasteiger partial charge in [0, 0.05) is 30.4 Å². The summed E-state index contributed by atoms with van der Waals surface area (Å²) in [6.07, 6.45) is -5.18. The summed E-state index contributed by atoms with van der Waals surface area (Å²) in [6, 6.07) is 12.2. The first-order valence-electron chi connectivity index (χ1n) is 15.6. The second-order valence-electron chi connectivity index (χ2n) is 11.9. The van der Waals surface area contributed by atoms with Gasteiger partial charge in [-0.3, -0.25) is 0 Å². The number of phenols is 2. The average molecular weight is 685 g/mol. The number of halogens is 9. The van der Waals surface area contributed by atoms with Crippen LogP contribution in [0.4, 0.5) is 39.5 Å². The normalized spacial score (nSPS) is 13.3. The molecule has 1 heterocycles. The number of hydrogen-bond acceptors (Lipinski definition) is 4. The Hall–Kier alpha value is -3.13. The van der Waals surface area contributed by atoms with Crippen molar-refractivity contribution in [2.24, 2.45) is 0 Å². The van der Waals surface area contributed by atoms with Crippen LogP contribution in [0.1, 0.15) is 63.4 Å². The zero-order valence-electron chi connectivity index (χ0n) is 26.1. The molecule has 0 aliphatic heterocycles. The molecule has 3 N–H and O–H groups in total. The van der Waals surface area contributed by atoms with Gasteiger partial charge < -0.3 is 24.8 Å². The van der Waals surface area contributed by atoms with Gasteiger partial charge in [-0.05, 0) is 99.3 Å². The van der Waals surface area contributed by atoms with E-state index >= 15 is 0 Å². The molecule has 0 atom stereocenters. The highest BCUT2D eigenvalue weighted by atomic mass is 19.4. The van der Waals surface area contributed by atoms with E-state index in [1.165, 1.54) is 0 Å². The van der Waals surface area contributed by atoms with Crippen LogP contribution in [0.2, 0.25) is 0 Å². The van der Waals surface area contributed by atoms with Crippen LogP contribution in [0.3, 0.4) is 0 Å². The number of hydrogen-bond donors (Lipinski definition) is 3. The van der Waals surface area contributed by atoms with Crippen molar-refractivity contribution in [3.63, 3.8) is 0 Å². The van der Waals surface area contributed by atoms with Gasteiger partial charge in [-0.1, -0.05) is 25.7 Å². The summed E-state index contributed by atoms with van der Waals surface area (Å²) in [5.41, 5.74) is 3.92. The van der Waals surface area contributed by atoms with Crippen molar-refractivity contribution in [2.45, 2.75) is 95.2 Å². The van der Waals surface area contributed by atoms with Gasteiger partial charge in [0.05, 0.1) is 12.3 Å². The number of nitrogens with zero attached hydrogens (tertiary/aromatic N) is 2. The van der Waals surface area contributed by atoms with Crippen molar-refractivity contribution in [3.05, 3.63) is 48.0 Å². The number of alkyl halides is 9. The molecule has 0 aliphatic rings. The van der Waals surface area contributed by atoms with Crippen LogP contribution in [0.15, 0.2) is 42.5 Å². The molecule has 0 spiro atoms. The third kappa shape index (κ3) is 9.07. The monoisotopic (exact) mass is 684 g/mol. The molecule has 0 bridgehead atoms. The minimum Gasteiger partial charge on any atom is -0.508 e. The first-order valence-corrected chi connectivity index (χ1v) is 15.6. The Labute approximate surface area is 267 Å². The van der Waals surface area contributed by atoms with Gasteiger partial charge in [-0.15, -0.1) is 0 Å². The van der Waals surface area contributed by atoms with Crippen molar-refractivity contribution < 1.29 is 54.8 Å². The predicted molar refractivity (Wildman–Crippen MR) is 161 cm³/mol. The molecule has 1 aromatic heterocycles. The lowest BCUT2D eigenvalue weighted by atomic mass is 9.98. The van der Waals surface area contributed by atoms with Crippen LogP contribution >= 0.6 is 0 Å². The van der Waals surface area contributed by atoms with Gasteiger partial charge >= 0.3 is 23.9 Å². The van der Waals surface area contributed by atoms with Gasteiger partial charge in [-0.25, -0.2) is 0 Å². The van der Waals surface area contributed by atoms with Crippen LogP contribution in [-0.4, -0.2) is 75.0 Å². The number of aliphatic hydroxyl groups is 1. The van der Waals surface area contributed by atoms with Gasteiger partial charge in [0.1, 0.15) is 11.5 Å². The van der Waals surface area contributed by atoms with E-state index in [2.05, 4.69) is 4.57 Å². The first-order chi connectivity index (χ1) is 21.9. The largest absolute Gasteiger partial charge is 0.508 e. The molecule has 0 amide bonds. The number of fused-ring (bicyclic) bond motifs is 1. The highest BCUT2D eigenvalue weighted by Gasteiger charge is 2.81. The molecule has 14 heteroatoms. The average Bonchev–Trinajstić information content (AvgIpc) is 3.26. The van der Waals surface area contributed by atoms with E-state index in [9.17, 15) is 54.8 Å². The van der Waals surface area contributed by atoms with Crippen LogP contribution in [0, 0.1) is 6.92 Å². The zero-order chi connectivity index (χ0) is 35.0. The summed E-state index contributed by atoms with van der Waals surface area (Å²) in [5.74, 6) is -18.6. The fourth-order valence-electron chi connectivity index (χ4n) is 5.77. The Morgan fingerprint density at radius 3 is 1.79 bits per heavy atom. The summed E-state index contributed by atoms with van der Waals surface area (Å²) in [5, 5.41) is 30.1. The lowest BCUT2D eigenvalue weighted by Gasteiger charge is -2.33. The molecule has 0 saturated heterocycles. The molecule has 3 rings (SSSR count). The molecule has 0 radical (unpaired) electrons. The zero-order valence-corrected chi connectivity index (χ0v) is 26.1. The van der Waals surface area contributed by atoms with Crippen LogP contribution in [0.25, 0.3) is 22.2 Å². The highest BCUT2D eigenvalue weighted by molar-refractivity contribution is 5.92. The number of aromatic nitrogens is 1. The second kappa shape index (κ2) is 15.8. The number of aromatic hydroxyl groups is 2. The van der Waals surface area contributed by atoms with E-state index in [1.807, 2.05) is 30.0 Å². The number of aliphatic hydroxyl groups excluding tert-OH is 1. The molecule has 0 fully saturated rings. The van der Waals surface area contributed by atoms with Crippen molar-refractivity contribution in [1.29, 1.82) is 0 Å². The Kier molecular flexibility index (Phi) is 12.9. The third-order valence-corrected chi connectivity index (χ3v) is 8.39. The van der Waals surface area contributed by atoms with E-state index in [0.717, 1.165) is 53.4 Å². The topological polar surface area (TPSA) is 68.9 Å². The number of rotatable bonds is 19. The minimum absolute atomic E-state index is 0.0600. The highest BCUT2D eigenvalue weighted by Crippen LogP contribution is 2.54. The molecule has 264 valence electrons. The quantitative estimate of drug-likeness (QED) is 0.0870. The van der Waals surface area contributed by atoms with Crippen molar-refractivity contribution in [1.82, 2.24) is 9.47 Å². The van der Waals surface area contributed by atoms with Crippen molar-refractivity contribution in [3.8, 4) is 22.8 Å². The number of aryl methyl sites for hydroxylation is 2. The molecular formula is C33H41F9N2O3. The van der Waals surface area contributed by atoms with Gasteiger partial charge in [-0.2, -0.15) is 39.5 Å².